The SMILES string of the molecule is C/C(=C\C(NCc1ccccc1)C(=O)O)CP(=O)(O)O. The predicted molar refractivity (Wildman–Crippen MR) is 75.4 cm³/mol. The molecule has 1 aromatic rings. The van der Waals surface area contributed by atoms with E-state index in [0.717, 1.165) is 5.56 Å². The summed E-state index contributed by atoms with van der Waals surface area (Å²) in [6.07, 6.45) is 0.883. The second-order valence-electron chi connectivity index (χ2n) is 4.52. The topological polar surface area (TPSA) is 107 Å². The van der Waals surface area contributed by atoms with Gasteiger partial charge in [-0.05, 0) is 12.5 Å². The van der Waals surface area contributed by atoms with Crippen molar-refractivity contribution in [3.63, 3.8) is 0 Å². The number of carboxylic acids is 1. The quantitative estimate of drug-likeness (QED) is 0.447. The average Bonchev–Trinajstić information content (AvgIpc) is 2.33. The van der Waals surface area contributed by atoms with Gasteiger partial charge in [0.15, 0.2) is 0 Å². The van der Waals surface area contributed by atoms with E-state index in [1.807, 2.05) is 30.3 Å². The highest BCUT2D eigenvalue weighted by Crippen LogP contribution is 2.36. The number of nitrogens with one attached hydrogen (secondary N) is 1. The molecule has 0 spiro atoms. The van der Waals surface area contributed by atoms with Crippen molar-refractivity contribution in [2.24, 2.45) is 0 Å². The monoisotopic (exact) mass is 299 g/mol. The lowest BCUT2D eigenvalue weighted by molar-refractivity contribution is -0.138. The van der Waals surface area contributed by atoms with E-state index in [2.05, 4.69) is 5.32 Å². The van der Waals surface area contributed by atoms with Gasteiger partial charge < -0.3 is 14.9 Å². The molecule has 0 bridgehead atoms. The van der Waals surface area contributed by atoms with Crippen LogP contribution in [0.1, 0.15) is 12.5 Å². The minimum Gasteiger partial charge on any atom is -0.480 e. The number of aliphatic carboxylic acids is 1. The molecule has 110 valence electrons. The Kier molecular flexibility index (Phi) is 6.10. The van der Waals surface area contributed by atoms with Crippen LogP contribution in [-0.4, -0.2) is 33.1 Å². The van der Waals surface area contributed by atoms with Crippen molar-refractivity contribution in [3.05, 3.63) is 47.5 Å². The number of hydrogen-bond donors (Lipinski definition) is 4. The van der Waals surface area contributed by atoms with Gasteiger partial charge in [-0.15, -0.1) is 0 Å². The number of carboxylic acid groups (broad SMARTS) is 1. The van der Waals surface area contributed by atoms with Crippen molar-refractivity contribution >= 4 is 13.6 Å². The first kappa shape index (κ1) is 16.6. The molecular formula is C13H18NO5P. The Balaban J connectivity index is 2.68. The van der Waals surface area contributed by atoms with Crippen LogP contribution in [0.2, 0.25) is 0 Å². The molecule has 0 saturated heterocycles. The molecule has 1 unspecified atom stereocenters. The summed E-state index contributed by atoms with van der Waals surface area (Å²) in [5.74, 6) is -1.09. The van der Waals surface area contributed by atoms with Crippen LogP contribution >= 0.6 is 7.60 Å². The summed E-state index contributed by atoms with van der Waals surface area (Å²) in [6, 6.07) is 8.30. The van der Waals surface area contributed by atoms with Crippen LogP contribution in [0, 0.1) is 0 Å². The van der Waals surface area contributed by atoms with E-state index in [0.29, 0.717) is 12.1 Å². The van der Waals surface area contributed by atoms with Crippen LogP contribution in [0.3, 0.4) is 0 Å². The van der Waals surface area contributed by atoms with E-state index < -0.39 is 25.8 Å². The van der Waals surface area contributed by atoms with Gasteiger partial charge >= 0.3 is 13.6 Å². The number of hydrogen-bond acceptors (Lipinski definition) is 3. The highest BCUT2D eigenvalue weighted by molar-refractivity contribution is 7.52. The molecule has 6 nitrogen and oxygen atoms in total. The van der Waals surface area contributed by atoms with Crippen molar-refractivity contribution in [3.8, 4) is 0 Å². The molecule has 0 radical (unpaired) electrons. The normalized spacial score (nSPS) is 14.1. The molecule has 4 N–H and O–H groups in total. The van der Waals surface area contributed by atoms with Crippen LogP contribution in [0.25, 0.3) is 0 Å². The number of allylic oxidation sites excluding steroid dienone is 1. The molecule has 0 aliphatic rings. The van der Waals surface area contributed by atoms with Crippen LogP contribution in [0.5, 0.6) is 0 Å². The fraction of sp³-hybridized carbons (Fsp3) is 0.308. The van der Waals surface area contributed by atoms with Crippen LogP contribution in [-0.2, 0) is 15.9 Å². The molecule has 0 heterocycles. The summed E-state index contributed by atoms with van der Waals surface area (Å²) in [7, 11) is -4.17. The van der Waals surface area contributed by atoms with Gasteiger partial charge in [0.2, 0.25) is 0 Å². The molecule has 0 fully saturated rings. The molecule has 0 aliphatic heterocycles. The summed E-state index contributed by atoms with van der Waals surface area (Å²) >= 11 is 0. The second-order valence-corrected chi connectivity index (χ2v) is 6.16. The first-order chi connectivity index (χ1) is 9.28. The minimum atomic E-state index is -4.17. The molecule has 1 atom stereocenters. The lowest BCUT2D eigenvalue weighted by Gasteiger charge is -2.12. The predicted octanol–water partition coefficient (Wildman–Crippen LogP) is 1.35. The first-order valence-corrected chi connectivity index (χ1v) is 7.79. The van der Waals surface area contributed by atoms with E-state index in [1.165, 1.54) is 13.0 Å². The van der Waals surface area contributed by atoms with E-state index in [-0.39, 0.29) is 0 Å². The van der Waals surface area contributed by atoms with Crippen molar-refractivity contribution in [1.82, 2.24) is 5.32 Å². The molecule has 0 saturated carbocycles. The van der Waals surface area contributed by atoms with E-state index in [4.69, 9.17) is 14.9 Å². The van der Waals surface area contributed by atoms with Crippen LogP contribution < -0.4 is 5.32 Å². The third kappa shape index (κ3) is 6.63. The summed E-state index contributed by atoms with van der Waals surface area (Å²) in [5, 5.41) is 11.9. The summed E-state index contributed by atoms with van der Waals surface area (Å²) in [6.45, 7) is 1.86. The molecule has 20 heavy (non-hydrogen) atoms. The number of rotatable bonds is 7. The zero-order chi connectivity index (χ0) is 15.2. The summed E-state index contributed by atoms with van der Waals surface area (Å²) in [5.41, 5.74) is 1.27. The highest BCUT2D eigenvalue weighted by atomic mass is 31.2. The van der Waals surface area contributed by atoms with Crippen molar-refractivity contribution < 1.29 is 24.3 Å². The van der Waals surface area contributed by atoms with Gasteiger partial charge in [-0.1, -0.05) is 42.0 Å². The molecular weight excluding hydrogens is 281 g/mol. The molecule has 1 aromatic carbocycles. The first-order valence-electron chi connectivity index (χ1n) is 6.00. The standard InChI is InChI=1S/C13H18NO5P/c1-10(9-20(17,18)19)7-12(13(15)16)14-8-11-5-3-2-4-6-11/h2-7,12,14H,8-9H2,1H3,(H,15,16)(H2,17,18,19)/b10-7+. The lowest BCUT2D eigenvalue weighted by atomic mass is 10.1. The Hall–Kier alpha value is -1.46. The Bertz CT molecular complexity index is 523. The third-order valence-corrected chi connectivity index (χ3v) is 3.45. The van der Waals surface area contributed by atoms with Crippen LogP contribution in [0.4, 0.5) is 0 Å². The average molecular weight is 299 g/mol. The minimum absolute atomic E-state index is 0.339. The van der Waals surface area contributed by atoms with Crippen LogP contribution in [0.15, 0.2) is 42.0 Å². The van der Waals surface area contributed by atoms with Crippen molar-refractivity contribution in [2.45, 2.75) is 19.5 Å². The van der Waals surface area contributed by atoms with Gasteiger partial charge in [-0.2, -0.15) is 0 Å². The third-order valence-electron chi connectivity index (χ3n) is 2.54. The Morgan fingerprint density at radius 1 is 1.35 bits per heavy atom. The van der Waals surface area contributed by atoms with E-state index in [9.17, 15) is 9.36 Å². The zero-order valence-electron chi connectivity index (χ0n) is 11.1. The second kappa shape index (κ2) is 7.36. The van der Waals surface area contributed by atoms with E-state index >= 15 is 0 Å². The highest BCUT2D eigenvalue weighted by Gasteiger charge is 2.18. The molecule has 0 amide bonds. The molecule has 7 heteroatoms. The maximum Gasteiger partial charge on any atom is 0.329 e. The Morgan fingerprint density at radius 2 is 1.95 bits per heavy atom. The van der Waals surface area contributed by atoms with Gasteiger partial charge in [-0.25, -0.2) is 0 Å². The smallest absolute Gasteiger partial charge is 0.329 e. The van der Waals surface area contributed by atoms with Gasteiger partial charge in [-0.3, -0.25) is 14.7 Å². The number of carbonyl (C=O) groups is 1. The summed E-state index contributed by atoms with van der Waals surface area (Å²) < 4.78 is 10.9. The fourth-order valence-corrected chi connectivity index (χ4v) is 2.46. The fourth-order valence-electron chi connectivity index (χ4n) is 1.70. The maximum absolute atomic E-state index is 11.1. The molecule has 1 rings (SSSR count). The lowest BCUT2D eigenvalue weighted by Crippen LogP contribution is -2.34. The number of benzene rings is 1. The van der Waals surface area contributed by atoms with Crippen molar-refractivity contribution in [2.75, 3.05) is 6.16 Å². The Morgan fingerprint density at radius 3 is 2.45 bits per heavy atom. The largest absolute Gasteiger partial charge is 0.480 e. The summed E-state index contributed by atoms with van der Waals surface area (Å²) in [4.78, 5) is 28.8. The zero-order valence-corrected chi connectivity index (χ0v) is 12.0. The maximum atomic E-state index is 11.1. The van der Waals surface area contributed by atoms with Gasteiger partial charge in [0, 0.05) is 6.54 Å². The Labute approximate surface area is 117 Å². The van der Waals surface area contributed by atoms with E-state index in [1.54, 1.807) is 0 Å². The molecule has 0 aromatic heterocycles. The van der Waals surface area contributed by atoms with Gasteiger partial charge in [0.25, 0.3) is 0 Å². The van der Waals surface area contributed by atoms with Crippen molar-refractivity contribution in [1.29, 1.82) is 0 Å². The molecule has 0 aliphatic carbocycles. The van der Waals surface area contributed by atoms with Gasteiger partial charge in [0.1, 0.15) is 6.04 Å². The van der Waals surface area contributed by atoms with Gasteiger partial charge in [0.05, 0.1) is 6.16 Å².